The third kappa shape index (κ3) is 4.18. The number of hydrogen-bond donors (Lipinski definition) is 1. The predicted octanol–water partition coefficient (Wildman–Crippen LogP) is 3.57. The maximum Gasteiger partial charge on any atom is 0.270 e. The molecule has 112 valence electrons. The molecule has 1 amide bonds. The van der Waals surface area contributed by atoms with Gasteiger partial charge in [0.05, 0.1) is 12.5 Å². The molecule has 0 fully saturated rings. The molecule has 0 saturated heterocycles. The Labute approximate surface area is 126 Å². The molecular formula is C17H23N3O. The van der Waals surface area contributed by atoms with Crippen LogP contribution in [-0.4, -0.2) is 21.5 Å². The van der Waals surface area contributed by atoms with E-state index in [4.69, 9.17) is 0 Å². The Morgan fingerprint density at radius 3 is 2.76 bits per heavy atom. The van der Waals surface area contributed by atoms with Crippen LogP contribution in [0.4, 0.5) is 0 Å². The molecule has 1 N–H and O–H groups in total. The zero-order valence-corrected chi connectivity index (χ0v) is 12.7. The number of aromatic nitrogens is 2. The Balaban J connectivity index is 2.02. The quantitative estimate of drug-likeness (QED) is 0.790. The van der Waals surface area contributed by atoms with Gasteiger partial charge in [0.2, 0.25) is 0 Å². The summed E-state index contributed by atoms with van der Waals surface area (Å²) in [5.74, 6) is -0.0691. The normalized spacial score (nSPS) is 12.1. The van der Waals surface area contributed by atoms with Gasteiger partial charge in [-0.05, 0) is 25.5 Å². The summed E-state index contributed by atoms with van der Waals surface area (Å²) in [6, 6.07) is 9.96. The second kappa shape index (κ2) is 7.62. The zero-order chi connectivity index (χ0) is 15.1. The molecule has 0 bridgehead atoms. The van der Waals surface area contributed by atoms with Crippen LogP contribution in [0.3, 0.4) is 0 Å². The van der Waals surface area contributed by atoms with Crippen molar-refractivity contribution >= 4 is 5.91 Å². The largest absolute Gasteiger partial charge is 0.348 e. The minimum Gasteiger partial charge on any atom is -0.348 e. The van der Waals surface area contributed by atoms with Crippen molar-refractivity contribution in [3.63, 3.8) is 0 Å². The number of para-hydroxylation sites is 1. The van der Waals surface area contributed by atoms with Crippen LogP contribution >= 0.6 is 0 Å². The third-order valence-electron chi connectivity index (χ3n) is 3.52. The average molecular weight is 285 g/mol. The third-order valence-corrected chi connectivity index (χ3v) is 3.52. The van der Waals surface area contributed by atoms with Gasteiger partial charge in [0.1, 0.15) is 5.69 Å². The minimum absolute atomic E-state index is 0.0691. The van der Waals surface area contributed by atoms with Crippen LogP contribution in [0.15, 0.2) is 42.9 Å². The van der Waals surface area contributed by atoms with Crippen molar-refractivity contribution in [2.45, 2.75) is 45.6 Å². The Kier molecular flexibility index (Phi) is 5.55. The van der Waals surface area contributed by atoms with E-state index in [0.717, 1.165) is 18.5 Å². The fraction of sp³-hybridized carbons (Fsp3) is 0.412. The molecule has 0 radical (unpaired) electrons. The number of carbonyl (C=O) groups is 1. The summed E-state index contributed by atoms with van der Waals surface area (Å²) >= 11 is 0. The summed E-state index contributed by atoms with van der Waals surface area (Å²) in [5.41, 5.74) is 1.52. The van der Waals surface area contributed by atoms with Crippen molar-refractivity contribution in [1.29, 1.82) is 0 Å². The first-order chi connectivity index (χ1) is 10.2. The molecule has 1 unspecified atom stereocenters. The molecule has 21 heavy (non-hydrogen) atoms. The van der Waals surface area contributed by atoms with E-state index in [1.54, 1.807) is 12.5 Å². The van der Waals surface area contributed by atoms with Crippen LogP contribution in [0.2, 0.25) is 0 Å². The standard InChI is InChI=1S/C17H23N3O/c1-3-4-6-9-14(2)19-17(21)16-12-18-13-20(16)15-10-7-5-8-11-15/h5,7-8,10-14H,3-4,6,9H2,1-2H3,(H,19,21). The number of imidazole rings is 1. The van der Waals surface area contributed by atoms with E-state index in [1.165, 1.54) is 12.8 Å². The van der Waals surface area contributed by atoms with Crippen LogP contribution in [0.25, 0.3) is 5.69 Å². The van der Waals surface area contributed by atoms with Crippen molar-refractivity contribution in [3.05, 3.63) is 48.5 Å². The number of hydrogen-bond acceptors (Lipinski definition) is 2. The van der Waals surface area contributed by atoms with Gasteiger partial charge in [-0.25, -0.2) is 4.98 Å². The molecule has 0 saturated carbocycles. The molecule has 2 rings (SSSR count). The topological polar surface area (TPSA) is 46.9 Å². The summed E-state index contributed by atoms with van der Waals surface area (Å²) in [7, 11) is 0. The minimum atomic E-state index is -0.0691. The lowest BCUT2D eigenvalue weighted by atomic mass is 10.1. The summed E-state index contributed by atoms with van der Waals surface area (Å²) < 4.78 is 1.81. The molecule has 2 aromatic rings. The molecule has 0 aliphatic carbocycles. The van der Waals surface area contributed by atoms with Gasteiger partial charge < -0.3 is 5.32 Å². The van der Waals surface area contributed by atoms with E-state index in [1.807, 2.05) is 34.9 Å². The highest BCUT2D eigenvalue weighted by molar-refractivity contribution is 5.93. The van der Waals surface area contributed by atoms with E-state index in [0.29, 0.717) is 5.69 Å². The van der Waals surface area contributed by atoms with Crippen molar-refractivity contribution in [2.75, 3.05) is 0 Å². The Hall–Kier alpha value is -2.10. The van der Waals surface area contributed by atoms with Crippen molar-refractivity contribution in [1.82, 2.24) is 14.9 Å². The van der Waals surface area contributed by atoms with Crippen molar-refractivity contribution in [2.24, 2.45) is 0 Å². The van der Waals surface area contributed by atoms with Crippen LogP contribution in [-0.2, 0) is 0 Å². The maximum absolute atomic E-state index is 12.4. The predicted molar refractivity (Wildman–Crippen MR) is 84.6 cm³/mol. The van der Waals surface area contributed by atoms with Crippen LogP contribution in [0, 0.1) is 0 Å². The van der Waals surface area contributed by atoms with Crippen LogP contribution in [0.1, 0.15) is 50.0 Å². The first-order valence-corrected chi connectivity index (χ1v) is 7.61. The Morgan fingerprint density at radius 2 is 2.05 bits per heavy atom. The van der Waals surface area contributed by atoms with E-state index in [-0.39, 0.29) is 11.9 Å². The van der Waals surface area contributed by atoms with Gasteiger partial charge in [0.15, 0.2) is 0 Å². The molecular weight excluding hydrogens is 262 g/mol. The van der Waals surface area contributed by atoms with Gasteiger partial charge in [-0.3, -0.25) is 9.36 Å². The zero-order valence-electron chi connectivity index (χ0n) is 12.7. The highest BCUT2D eigenvalue weighted by atomic mass is 16.2. The maximum atomic E-state index is 12.4. The molecule has 4 nitrogen and oxygen atoms in total. The number of carbonyl (C=O) groups excluding carboxylic acids is 1. The van der Waals surface area contributed by atoms with Gasteiger partial charge >= 0.3 is 0 Å². The lowest BCUT2D eigenvalue weighted by molar-refractivity contribution is 0.0931. The van der Waals surface area contributed by atoms with E-state index >= 15 is 0 Å². The molecule has 1 heterocycles. The lowest BCUT2D eigenvalue weighted by Gasteiger charge is -2.14. The highest BCUT2D eigenvalue weighted by Crippen LogP contribution is 2.11. The van der Waals surface area contributed by atoms with Gasteiger partial charge in [-0.1, -0.05) is 44.4 Å². The fourth-order valence-corrected chi connectivity index (χ4v) is 2.33. The SMILES string of the molecule is CCCCCC(C)NC(=O)c1cncn1-c1ccccc1. The molecule has 0 spiro atoms. The average Bonchev–Trinajstić information content (AvgIpc) is 2.98. The Morgan fingerprint density at radius 1 is 1.29 bits per heavy atom. The molecule has 1 aromatic heterocycles. The van der Waals surface area contributed by atoms with Gasteiger partial charge in [0, 0.05) is 11.7 Å². The summed E-state index contributed by atoms with van der Waals surface area (Å²) in [6.07, 6.45) is 7.85. The number of benzene rings is 1. The first kappa shape index (κ1) is 15.3. The first-order valence-electron chi connectivity index (χ1n) is 7.61. The molecule has 0 aliphatic heterocycles. The van der Waals surface area contributed by atoms with E-state index in [2.05, 4.69) is 24.1 Å². The summed E-state index contributed by atoms with van der Waals surface area (Å²) in [6.45, 7) is 4.23. The smallest absolute Gasteiger partial charge is 0.270 e. The number of unbranched alkanes of at least 4 members (excludes halogenated alkanes) is 2. The van der Waals surface area contributed by atoms with Gasteiger partial charge in [0.25, 0.3) is 5.91 Å². The van der Waals surface area contributed by atoms with Crippen molar-refractivity contribution < 1.29 is 4.79 Å². The fourth-order valence-electron chi connectivity index (χ4n) is 2.33. The van der Waals surface area contributed by atoms with E-state index < -0.39 is 0 Å². The molecule has 1 aromatic carbocycles. The summed E-state index contributed by atoms with van der Waals surface area (Å²) in [5, 5.41) is 3.05. The number of nitrogens with one attached hydrogen (secondary N) is 1. The molecule has 1 atom stereocenters. The summed E-state index contributed by atoms with van der Waals surface area (Å²) in [4.78, 5) is 16.5. The number of amides is 1. The monoisotopic (exact) mass is 285 g/mol. The lowest BCUT2D eigenvalue weighted by Crippen LogP contribution is -2.33. The van der Waals surface area contributed by atoms with E-state index in [9.17, 15) is 4.79 Å². The molecule has 0 aliphatic rings. The number of nitrogens with zero attached hydrogens (tertiary/aromatic N) is 2. The second-order valence-electron chi connectivity index (χ2n) is 5.35. The Bertz CT molecular complexity index is 562. The van der Waals surface area contributed by atoms with Gasteiger partial charge in [-0.2, -0.15) is 0 Å². The van der Waals surface area contributed by atoms with Gasteiger partial charge in [-0.15, -0.1) is 0 Å². The van der Waals surface area contributed by atoms with Crippen LogP contribution < -0.4 is 5.32 Å². The van der Waals surface area contributed by atoms with Crippen LogP contribution in [0.5, 0.6) is 0 Å². The molecule has 4 heteroatoms. The van der Waals surface area contributed by atoms with Crippen molar-refractivity contribution in [3.8, 4) is 5.69 Å². The number of rotatable bonds is 7. The highest BCUT2D eigenvalue weighted by Gasteiger charge is 2.14. The second-order valence-corrected chi connectivity index (χ2v) is 5.35.